The molecule has 1 aromatic rings. The van der Waals surface area contributed by atoms with Crippen LogP contribution in [-0.4, -0.2) is 11.8 Å². The van der Waals surface area contributed by atoms with Crippen molar-refractivity contribution < 1.29 is 22.3 Å². The molecule has 1 aromatic carbocycles. The summed E-state index contributed by atoms with van der Waals surface area (Å²) < 4.78 is 59.7. The summed E-state index contributed by atoms with van der Waals surface area (Å²) in [7, 11) is 0. The van der Waals surface area contributed by atoms with Crippen molar-refractivity contribution in [3.05, 3.63) is 52.8 Å². The summed E-state index contributed by atoms with van der Waals surface area (Å²) in [6.07, 6.45) is -2.75. The standard InChI is InChI=1S/C13H9BrF4O/c14-9-3-5-11(6-4-9)19-13(17,18)12(16)7-1-2-10(15)8-12/h1-7H,8H2. The lowest BCUT2D eigenvalue weighted by molar-refractivity contribution is -0.248. The van der Waals surface area contributed by atoms with Crippen LogP contribution in [0.15, 0.2) is 52.8 Å². The van der Waals surface area contributed by atoms with Gasteiger partial charge in [-0.05, 0) is 36.4 Å². The molecule has 102 valence electrons. The quantitative estimate of drug-likeness (QED) is 0.710. The SMILES string of the molecule is FC1=CC=CC(F)(C(F)(F)Oc2ccc(Br)cc2)C1. The van der Waals surface area contributed by atoms with Gasteiger partial charge in [0.05, 0.1) is 0 Å². The molecule has 0 aliphatic heterocycles. The van der Waals surface area contributed by atoms with Gasteiger partial charge in [-0.1, -0.05) is 22.0 Å². The molecule has 0 amide bonds. The molecular weight excluding hydrogens is 328 g/mol. The molecule has 0 saturated heterocycles. The van der Waals surface area contributed by atoms with E-state index in [1.165, 1.54) is 24.3 Å². The van der Waals surface area contributed by atoms with Crippen molar-refractivity contribution in [1.82, 2.24) is 0 Å². The van der Waals surface area contributed by atoms with Gasteiger partial charge in [-0.3, -0.25) is 0 Å². The smallest absolute Gasteiger partial charge is 0.430 e. The molecule has 2 rings (SSSR count). The first kappa shape index (κ1) is 14.1. The molecule has 6 heteroatoms. The molecule has 0 spiro atoms. The fourth-order valence-corrected chi connectivity index (χ4v) is 1.87. The van der Waals surface area contributed by atoms with Gasteiger partial charge in [0.25, 0.3) is 0 Å². The van der Waals surface area contributed by atoms with Gasteiger partial charge in [0, 0.05) is 10.9 Å². The van der Waals surface area contributed by atoms with Gasteiger partial charge < -0.3 is 4.74 Å². The second-order valence-corrected chi connectivity index (χ2v) is 5.00. The van der Waals surface area contributed by atoms with Gasteiger partial charge in [0.2, 0.25) is 5.67 Å². The normalized spacial score (nSPS) is 23.1. The molecule has 0 aromatic heterocycles. The number of hydrogen-bond acceptors (Lipinski definition) is 1. The maximum absolute atomic E-state index is 14.1. The monoisotopic (exact) mass is 336 g/mol. The lowest BCUT2D eigenvalue weighted by Gasteiger charge is -2.31. The van der Waals surface area contributed by atoms with E-state index >= 15 is 0 Å². The van der Waals surface area contributed by atoms with Gasteiger partial charge in [0.15, 0.2) is 0 Å². The van der Waals surface area contributed by atoms with Gasteiger partial charge in [-0.2, -0.15) is 8.78 Å². The fraction of sp³-hybridized carbons (Fsp3) is 0.231. The van der Waals surface area contributed by atoms with Crippen molar-refractivity contribution in [1.29, 1.82) is 0 Å². The number of benzene rings is 1. The molecule has 1 unspecified atom stereocenters. The molecule has 1 aliphatic carbocycles. The second-order valence-electron chi connectivity index (χ2n) is 4.08. The third-order valence-corrected chi connectivity index (χ3v) is 3.14. The minimum absolute atomic E-state index is 0.200. The highest BCUT2D eigenvalue weighted by Gasteiger charge is 2.57. The zero-order valence-electron chi connectivity index (χ0n) is 9.55. The summed E-state index contributed by atoms with van der Waals surface area (Å²) in [5.74, 6) is -1.15. The maximum atomic E-state index is 14.1. The average molecular weight is 337 g/mol. The van der Waals surface area contributed by atoms with E-state index in [0.717, 1.165) is 12.2 Å². The molecule has 0 fully saturated rings. The Balaban J connectivity index is 2.20. The Bertz CT molecular complexity index is 524. The van der Waals surface area contributed by atoms with Crippen molar-refractivity contribution in [2.24, 2.45) is 0 Å². The van der Waals surface area contributed by atoms with Gasteiger partial charge >= 0.3 is 6.11 Å². The molecule has 0 bridgehead atoms. The first-order valence-corrected chi connectivity index (χ1v) is 6.17. The van der Waals surface area contributed by atoms with E-state index in [-0.39, 0.29) is 5.75 Å². The van der Waals surface area contributed by atoms with Gasteiger partial charge in [-0.25, -0.2) is 8.78 Å². The predicted molar refractivity (Wildman–Crippen MR) is 66.5 cm³/mol. The summed E-state index contributed by atoms with van der Waals surface area (Å²) >= 11 is 3.13. The van der Waals surface area contributed by atoms with E-state index in [0.29, 0.717) is 10.5 Å². The Morgan fingerprint density at radius 2 is 1.84 bits per heavy atom. The third kappa shape index (κ3) is 3.00. The summed E-state index contributed by atoms with van der Waals surface area (Å²) in [5, 5.41) is 0. The predicted octanol–water partition coefficient (Wildman–Crippen LogP) is 4.94. The van der Waals surface area contributed by atoms with Crippen LogP contribution in [0.3, 0.4) is 0 Å². The van der Waals surface area contributed by atoms with E-state index in [9.17, 15) is 17.6 Å². The molecule has 0 radical (unpaired) electrons. The Morgan fingerprint density at radius 1 is 1.21 bits per heavy atom. The first-order chi connectivity index (χ1) is 8.82. The van der Waals surface area contributed by atoms with E-state index in [1.54, 1.807) is 0 Å². The number of hydrogen-bond donors (Lipinski definition) is 0. The van der Waals surface area contributed by atoms with E-state index in [4.69, 9.17) is 0 Å². The molecule has 0 saturated carbocycles. The highest BCUT2D eigenvalue weighted by Crippen LogP contribution is 2.42. The lowest BCUT2D eigenvalue weighted by atomic mass is 9.95. The number of allylic oxidation sites excluding steroid dienone is 3. The van der Waals surface area contributed by atoms with Crippen LogP contribution in [0.2, 0.25) is 0 Å². The topological polar surface area (TPSA) is 9.23 Å². The van der Waals surface area contributed by atoms with Crippen LogP contribution in [0.25, 0.3) is 0 Å². The van der Waals surface area contributed by atoms with Crippen LogP contribution in [0.4, 0.5) is 17.6 Å². The Kier molecular flexibility index (Phi) is 3.71. The zero-order chi connectivity index (χ0) is 14.1. The third-order valence-electron chi connectivity index (χ3n) is 2.61. The Labute approximate surface area is 115 Å². The van der Waals surface area contributed by atoms with E-state index in [1.807, 2.05) is 0 Å². The van der Waals surface area contributed by atoms with Crippen LogP contribution in [0, 0.1) is 0 Å². The number of rotatable bonds is 3. The van der Waals surface area contributed by atoms with E-state index < -0.39 is 24.0 Å². The van der Waals surface area contributed by atoms with Crippen molar-refractivity contribution >= 4 is 15.9 Å². The first-order valence-electron chi connectivity index (χ1n) is 5.38. The molecule has 1 atom stereocenters. The second kappa shape index (κ2) is 5.00. The molecule has 1 aliphatic rings. The minimum Gasteiger partial charge on any atom is -0.430 e. The molecular formula is C13H9BrF4O. The van der Waals surface area contributed by atoms with Crippen molar-refractivity contribution in [3.8, 4) is 5.75 Å². The molecule has 0 N–H and O–H groups in total. The molecule has 1 nitrogen and oxygen atoms in total. The van der Waals surface area contributed by atoms with Crippen LogP contribution in [-0.2, 0) is 0 Å². The van der Waals surface area contributed by atoms with E-state index in [2.05, 4.69) is 20.7 Å². The number of halogens is 5. The number of ether oxygens (including phenoxy) is 1. The largest absolute Gasteiger partial charge is 0.437 e. The zero-order valence-corrected chi connectivity index (χ0v) is 11.1. The van der Waals surface area contributed by atoms with Crippen LogP contribution in [0.5, 0.6) is 5.75 Å². The Morgan fingerprint density at radius 3 is 2.42 bits per heavy atom. The van der Waals surface area contributed by atoms with Crippen molar-refractivity contribution in [3.63, 3.8) is 0 Å². The van der Waals surface area contributed by atoms with Crippen molar-refractivity contribution in [2.45, 2.75) is 18.2 Å². The lowest BCUT2D eigenvalue weighted by Crippen LogP contribution is -2.48. The Hall–Kier alpha value is -1.30. The van der Waals surface area contributed by atoms with Gasteiger partial charge in [0.1, 0.15) is 11.6 Å². The van der Waals surface area contributed by atoms with Crippen LogP contribution in [0.1, 0.15) is 6.42 Å². The summed E-state index contributed by atoms with van der Waals surface area (Å²) in [4.78, 5) is 0. The molecule has 19 heavy (non-hydrogen) atoms. The molecule has 0 heterocycles. The maximum Gasteiger partial charge on any atom is 0.437 e. The highest BCUT2D eigenvalue weighted by atomic mass is 79.9. The number of alkyl halides is 3. The average Bonchev–Trinajstić information content (AvgIpc) is 2.31. The van der Waals surface area contributed by atoms with Crippen molar-refractivity contribution in [2.75, 3.05) is 0 Å². The summed E-state index contributed by atoms with van der Waals surface area (Å²) in [5.41, 5.74) is -3.20. The van der Waals surface area contributed by atoms with Gasteiger partial charge in [-0.15, -0.1) is 0 Å². The highest BCUT2D eigenvalue weighted by molar-refractivity contribution is 9.10. The fourth-order valence-electron chi connectivity index (χ4n) is 1.60. The summed E-state index contributed by atoms with van der Waals surface area (Å²) in [6, 6.07) is 5.49. The van der Waals surface area contributed by atoms with Crippen LogP contribution >= 0.6 is 15.9 Å². The van der Waals surface area contributed by atoms with Crippen LogP contribution < -0.4 is 4.74 Å². The summed E-state index contributed by atoms with van der Waals surface area (Å²) in [6.45, 7) is 0. The minimum atomic E-state index is -4.16.